The van der Waals surface area contributed by atoms with Crippen LogP contribution in [0.1, 0.15) is 31.8 Å². The highest BCUT2D eigenvalue weighted by molar-refractivity contribution is 6.29. The van der Waals surface area contributed by atoms with Gasteiger partial charge in [-0.3, -0.25) is 9.59 Å². The summed E-state index contributed by atoms with van der Waals surface area (Å²) in [5.74, 6) is -0.182. The molecule has 0 N–H and O–H groups in total. The van der Waals surface area contributed by atoms with E-state index in [1.54, 1.807) is 30.3 Å². The molecule has 0 amide bonds. The van der Waals surface area contributed by atoms with Crippen molar-refractivity contribution in [1.82, 2.24) is 4.57 Å². The fraction of sp³-hybridized carbons (Fsp3) is 0. The highest BCUT2D eigenvalue weighted by Gasteiger charge is 2.31. The van der Waals surface area contributed by atoms with Crippen LogP contribution in [0.4, 0.5) is 0 Å². The molecule has 0 radical (unpaired) electrons. The number of nitrogens with zero attached hydrogens (tertiary/aromatic N) is 1. The number of carbonyl (C=O) groups is 2. The zero-order chi connectivity index (χ0) is 14.4. The van der Waals surface area contributed by atoms with Crippen molar-refractivity contribution in [3.8, 4) is 5.69 Å². The maximum atomic E-state index is 12.8. The van der Waals surface area contributed by atoms with Gasteiger partial charge in [-0.1, -0.05) is 36.4 Å². The molecule has 3 nitrogen and oxygen atoms in total. The van der Waals surface area contributed by atoms with Gasteiger partial charge in [0.2, 0.25) is 0 Å². The standard InChI is InChI=1S/C18H11NO2/c20-17-12-6-1-2-7-13(12)18(21)16-14(17)8-5-9-15(16)19-10-3-4-11-19/h1-11H. The monoisotopic (exact) mass is 273 g/mol. The van der Waals surface area contributed by atoms with Crippen molar-refractivity contribution in [2.24, 2.45) is 0 Å². The van der Waals surface area contributed by atoms with Crippen LogP contribution in [0.2, 0.25) is 0 Å². The summed E-state index contributed by atoms with van der Waals surface area (Å²) in [7, 11) is 0. The predicted molar refractivity (Wildman–Crippen MR) is 79.1 cm³/mol. The van der Waals surface area contributed by atoms with Crippen LogP contribution in [-0.4, -0.2) is 16.1 Å². The second kappa shape index (κ2) is 4.28. The number of rotatable bonds is 1. The normalized spacial score (nSPS) is 13.0. The molecule has 0 fully saturated rings. The molecule has 1 heterocycles. The number of carbonyl (C=O) groups excluding carboxylic acids is 2. The molecule has 0 atom stereocenters. The van der Waals surface area contributed by atoms with Crippen molar-refractivity contribution < 1.29 is 9.59 Å². The highest BCUT2D eigenvalue weighted by Crippen LogP contribution is 2.31. The lowest BCUT2D eigenvalue weighted by Gasteiger charge is -2.20. The SMILES string of the molecule is O=C1c2ccccc2C(=O)c2c1cccc2-n1cccc1. The van der Waals surface area contributed by atoms with Crippen LogP contribution in [-0.2, 0) is 0 Å². The summed E-state index contributed by atoms with van der Waals surface area (Å²) in [6.45, 7) is 0. The summed E-state index contributed by atoms with van der Waals surface area (Å²) in [4.78, 5) is 25.4. The van der Waals surface area contributed by atoms with Crippen LogP contribution in [0.5, 0.6) is 0 Å². The molecule has 0 saturated heterocycles. The quantitative estimate of drug-likeness (QED) is 0.534. The van der Waals surface area contributed by atoms with E-state index in [2.05, 4.69) is 0 Å². The van der Waals surface area contributed by atoms with Gasteiger partial charge in [0, 0.05) is 29.1 Å². The van der Waals surface area contributed by atoms with Crippen LogP contribution in [0.15, 0.2) is 67.0 Å². The van der Waals surface area contributed by atoms with Crippen molar-refractivity contribution in [3.05, 3.63) is 89.2 Å². The van der Waals surface area contributed by atoms with Crippen LogP contribution < -0.4 is 0 Å². The van der Waals surface area contributed by atoms with Crippen LogP contribution in [0.3, 0.4) is 0 Å². The average molecular weight is 273 g/mol. The fourth-order valence-corrected chi connectivity index (χ4v) is 2.84. The number of ketones is 2. The molecule has 100 valence electrons. The summed E-state index contributed by atoms with van der Waals surface area (Å²) in [6, 6.07) is 16.2. The molecule has 1 aromatic heterocycles. The molecular weight excluding hydrogens is 262 g/mol. The van der Waals surface area contributed by atoms with Crippen molar-refractivity contribution in [3.63, 3.8) is 0 Å². The zero-order valence-corrected chi connectivity index (χ0v) is 11.1. The van der Waals surface area contributed by atoms with Gasteiger partial charge in [0.15, 0.2) is 11.6 Å². The molecule has 0 unspecified atom stereocenters. The number of hydrogen-bond donors (Lipinski definition) is 0. The summed E-state index contributed by atoms with van der Waals surface area (Å²) >= 11 is 0. The molecule has 2 aromatic carbocycles. The number of fused-ring (bicyclic) bond motifs is 2. The zero-order valence-electron chi connectivity index (χ0n) is 11.1. The highest BCUT2D eigenvalue weighted by atomic mass is 16.1. The number of aromatic nitrogens is 1. The largest absolute Gasteiger partial charge is 0.323 e. The lowest BCUT2D eigenvalue weighted by molar-refractivity contribution is 0.0979. The molecule has 0 bridgehead atoms. The third-order valence-electron chi connectivity index (χ3n) is 3.81. The maximum Gasteiger partial charge on any atom is 0.196 e. The minimum Gasteiger partial charge on any atom is -0.323 e. The first-order valence-electron chi connectivity index (χ1n) is 6.72. The van der Waals surface area contributed by atoms with Crippen molar-refractivity contribution >= 4 is 11.6 Å². The van der Waals surface area contributed by atoms with Crippen LogP contribution in [0, 0.1) is 0 Å². The molecule has 1 aliphatic carbocycles. The van der Waals surface area contributed by atoms with Gasteiger partial charge in [0.25, 0.3) is 0 Å². The minimum atomic E-state index is -0.0931. The molecule has 4 rings (SSSR count). The number of benzene rings is 2. The van der Waals surface area contributed by atoms with Crippen molar-refractivity contribution in [2.75, 3.05) is 0 Å². The Labute approximate surface area is 121 Å². The predicted octanol–water partition coefficient (Wildman–Crippen LogP) is 3.25. The van der Waals surface area contributed by atoms with E-state index in [0.717, 1.165) is 5.69 Å². The summed E-state index contributed by atoms with van der Waals surface area (Å²) < 4.78 is 1.86. The Kier molecular flexibility index (Phi) is 2.42. The summed E-state index contributed by atoms with van der Waals surface area (Å²) in [6.07, 6.45) is 3.74. The lowest BCUT2D eigenvalue weighted by atomic mass is 9.83. The average Bonchev–Trinajstić information content (AvgIpc) is 3.06. The third kappa shape index (κ3) is 1.61. The molecular formula is C18H11NO2. The van der Waals surface area contributed by atoms with E-state index in [-0.39, 0.29) is 11.6 Å². The molecule has 0 spiro atoms. The van der Waals surface area contributed by atoms with Gasteiger partial charge >= 0.3 is 0 Å². The Balaban J connectivity index is 2.04. The van der Waals surface area contributed by atoms with E-state index >= 15 is 0 Å². The Bertz CT molecular complexity index is 876. The molecule has 3 aromatic rings. The van der Waals surface area contributed by atoms with Gasteiger partial charge in [0.05, 0.1) is 11.3 Å². The molecule has 1 aliphatic rings. The van der Waals surface area contributed by atoms with E-state index in [1.807, 2.05) is 41.2 Å². The van der Waals surface area contributed by atoms with E-state index < -0.39 is 0 Å². The van der Waals surface area contributed by atoms with Gasteiger partial charge in [-0.2, -0.15) is 0 Å². The number of hydrogen-bond acceptors (Lipinski definition) is 2. The third-order valence-corrected chi connectivity index (χ3v) is 3.81. The first-order valence-corrected chi connectivity index (χ1v) is 6.72. The fourth-order valence-electron chi connectivity index (χ4n) is 2.84. The van der Waals surface area contributed by atoms with E-state index in [1.165, 1.54) is 0 Å². The van der Waals surface area contributed by atoms with Crippen molar-refractivity contribution in [2.45, 2.75) is 0 Å². The van der Waals surface area contributed by atoms with E-state index in [9.17, 15) is 9.59 Å². The Morgan fingerprint density at radius 3 is 1.95 bits per heavy atom. The Morgan fingerprint density at radius 1 is 0.619 bits per heavy atom. The van der Waals surface area contributed by atoms with E-state index in [0.29, 0.717) is 22.3 Å². The summed E-state index contributed by atoms with van der Waals surface area (Å²) in [5.41, 5.74) is 2.67. The maximum absolute atomic E-state index is 12.8. The summed E-state index contributed by atoms with van der Waals surface area (Å²) in [5, 5.41) is 0. The smallest absolute Gasteiger partial charge is 0.196 e. The van der Waals surface area contributed by atoms with Gasteiger partial charge in [0.1, 0.15) is 0 Å². The Hall–Kier alpha value is -2.94. The van der Waals surface area contributed by atoms with Crippen molar-refractivity contribution in [1.29, 1.82) is 0 Å². The minimum absolute atomic E-state index is 0.0887. The molecule has 0 saturated carbocycles. The van der Waals surface area contributed by atoms with Gasteiger partial charge in [-0.05, 0) is 18.2 Å². The van der Waals surface area contributed by atoms with Crippen LogP contribution in [0.25, 0.3) is 5.69 Å². The first kappa shape index (κ1) is 11.9. The molecule has 0 aliphatic heterocycles. The Morgan fingerprint density at radius 2 is 1.24 bits per heavy atom. The lowest BCUT2D eigenvalue weighted by Crippen LogP contribution is -2.22. The second-order valence-electron chi connectivity index (χ2n) is 4.99. The molecule has 3 heteroatoms. The first-order chi connectivity index (χ1) is 10.3. The van der Waals surface area contributed by atoms with Gasteiger partial charge < -0.3 is 4.57 Å². The molecule has 21 heavy (non-hydrogen) atoms. The van der Waals surface area contributed by atoms with Gasteiger partial charge in [-0.25, -0.2) is 0 Å². The topological polar surface area (TPSA) is 39.1 Å². The second-order valence-corrected chi connectivity index (χ2v) is 4.99. The van der Waals surface area contributed by atoms with Gasteiger partial charge in [-0.15, -0.1) is 0 Å². The van der Waals surface area contributed by atoms with E-state index in [4.69, 9.17) is 0 Å². The van der Waals surface area contributed by atoms with Crippen LogP contribution >= 0.6 is 0 Å².